The molecule has 3 saturated heterocycles. The lowest BCUT2D eigenvalue weighted by atomic mass is 9.96. The van der Waals surface area contributed by atoms with Gasteiger partial charge in [-0.05, 0) is 12.8 Å². The van der Waals surface area contributed by atoms with Gasteiger partial charge >= 0.3 is 0 Å². The molecule has 0 spiro atoms. The maximum absolute atomic E-state index is 13.5. The van der Waals surface area contributed by atoms with E-state index >= 15 is 0 Å². The predicted molar refractivity (Wildman–Crippen MR) is 407 cm³/mol. The molecule has 1 amide bonds. The molecule has 3 aliphatic rings. The number of ether oxygens (including phenoxy) is 6. The molecule has 0 radical (unpaired) electrons. The van der Waals surface area contributed by atoms with Crippen LogP contribution in [0.25, 0.3) is 0 Å². The number of aliphatic hydroxyl groups is 11. The molecule has 17 atom stereocenters. The fourth-order valence-electron chi connectivity index (χ4n) is 15.3. The van der Waals surface area contributed by atoms with E-state index in [2.05, 4.69) is 19.2 Å². The van der Waals surface area contributed by atoms with Crippen LogP contribution >= 0.6 is 0 Å². The van der Waals surface area contributed by atoms with Crippen LogP contribution < -0.4 is 5.32 Å². The monoisotopic (exact) mass is 1460 g/mol. The highest BCUT2D eigenvalue weighted by Crippen LogP contribution is 2.34. The third-order valence-corrected chi connectivity index (χ3v) is 22.2. The first kappa shape index (κ1) is 95.0. The highest BCUT2D eigenvalue weighted by molar-refractivity contribution is 5.76. The fourth-order valence-corrected chi connectivity index (χ4v) is 15.3. The Morgan fingerprint density at radius 2 is 0.559 bits per heavy atom. The Bertz CT molecular complexity index is 1840. The zero-order chi connectivity index (χ0) is 73.9. The molecular formula is C83H161NO18. The van der Waals surface area contributed by atoms with E-state index in [0.717, 1.165) is 44.9 Å². The molecule has 3 fully saturated rings. The number of hydrogen-bond acceptors (Lipinski definition) is 18. The number of carbonyl (C=O) groups is 1. The van der Waals surface area contributed by atoms with Gasteiger partial charge in [-0.2, -0.15) is 0 Å². The second-order valence-corrected chi connectivity index (χ2v) is 31.4. The van der Waals surface area contributed by atoms with Crippen LogP contribution in [0.5, 0.6) is 0 Å². The van der Waals surface area contributed by atoms with E-state index in [0.29, 0.717) is 12.8 Å². The highest BCUT2D eigenvalue weighted by atomic mass is 16.8. The summed E-state index contributed by atoms with van der Waals surface area (Å²) in [5, 5.41) is 121. The average molecular weight is 1460 g/mol. The van der Waals surface area contributed by atoms with Crippen LogP contribution in [0.1, 0.15) is 393 Å². The van der Waals surface area contributed by atoms with E-state index in [1.807, 2.05) is 0 Å². The topological polar surface area (TPSA) is 307 Å². The molecule has 0 bridgehead atoms. The zero-order valence-corrected chi connectivity index (χ0v) is 65.1. The first-order valence-corrected chi connectivity index (χ1v) is 43.3. The minimum absolute atomic E-state index is 0.232. The summed E-state index contributed by atoms with van der Waals surface area (Å²) in [6.45, 7) is 1.88. The molecule has 3 heterocycles. The molecule has 3 rings (SSSR count). The summed E-state index contributed by atoms with van der Waals surface area (Å²) in [5.41, 5.74) is 0. The first-order valence-electron chi connectivity index (χ1n) is 43.3. The minimum atomic E-state index is -1.97. The summed E-state index contributed by atoms with van der Waals surface area (Å²) >= 11 is 0. The summed E-state index contributed by atoms with van der Waals surface area (Å²) in [6.07, 6.45) is 49.3. The van der Waals surface area contributed by atoms with E-state index in [1.54, 1.807) is 0 Å². The molecule has 19 heteroatoms. The van der Waals surface area contributed by atoms with Crippen molar-refractivity contribution in [1.29, 1.82) is 0 Å². The Hall–Kier alpha value is -1.21. The second-order valence-electron chi connectivity index (χ2n) is 31.4. The van der Waals surface area contributed by atoms with Crippen molar-refractivity contribution in [3.8, 4) is 0 Å². The van der Waals surface area contributed by atoms with Crippen molar-refractivity contribution in [3.05, 3.63) is 0 Å². The number of hydrogen-bond donors (Lipinski definition) is 12. The number of unbranched alkanes of at least 4 members (excludes halogenated alkanes) is 55. The van der Waals surface area contributed by atoms with Crippen molar-refractivity contribution in [2.24, 2.45) is 0 Å². The van der Waals surface area contributed by atoms with Crippen molar-refractivity contribution in [1.82, 2.24) is 5.32 Å². The fraction of sp³-hybridized carbons (Fsp3) is 0.988. The van der Waals surface area contributed by atoms with Crippen LogP contribution in [0.15, 0.2) is 0 Å². The maximum Gasteiger partial charge on any atom is 0.220 e. The zero-order valence-electron chi connectivity index (χ0n) is 65.1. The van der Waals surface area contributed by atoms with Crippen molar-refractivity contribution < 1.29 is 89.4 Å². The van der Waals surface area contributed by atoms with Gasteiger partial charge in [0, 0.05) is 6.42 Å². The third kappa shape index (κ3) is 43.8. The van der Waals surface area contributed by atoms with Gasteiger partial charge in [-0.15, -0.1) is 0 Å². The maximum atomic E-state index is 13.5. The lowest BCUT2D eigenvalue weighted by Crippen LogP contribution is -2.66. The standard InChI is InChI=1S/C83H161NO18/c1-3-5-7-9-11-13-15-17-19-21-23-25-27-28-29-30-31-32-33-34-35-36-37-39-41-43-45-47-49-51-53-55-57-59-61-71(89)84-66(67(88)60-58-56-54-52-50-48-46-44-42-40-38-26-24-22-20-18-16-14-12-10-8-6-4-2)65-97-81-77(95)74(92)79(69(63-86)99-81)102-83-78(96)75(93)80(70(64-87)100-83)101-82-76(94)73(91)72(90)68(62-85)98-82/h66-70,72-83,85-88,90-96H,3-65H2,1-2H3,(H,84,89). The summed E-state index contributed by atoms with van der Waals surface area (Å²) in [6, 6.07) is -0.884. The van der Waals surface area contributed by atoms with Crippen molar-refractivity contribution in [2.45, 2.75) is 497 Å². The van der Waals surface area contributed by atoms with Crippen LogP contribution in [-0.4, -0.2) is 193 Å². The van der Waals surface area contributed by atoms with Gasteiger partial charge in [0.15, 0.2) is 18.9 Å². The number of aliphatic hydroxyl groups excluding tert-OH is 11. The Morgan fingerprint density at radius 1 is 0.314 bits per heavy atom. The Kier molecular flexibility index (Phi) is 60.2. The van der Waals surface area contributed by atoms with Crippen LogP contribution in [-0.2, 0) is 33.2 Å². The lowest BCUT2D eigenvalue weighted by Gasteiger charge is -2.48. The van der Waals surface area contributed by atoms with Crippen LogP contribution in [0.2, 0.25) is 0 Å². The van der Waals surface area contributed by atoms with Gasteiger partial charge in [-0.1, -0.05) is 373 Å². The molecular weight excluding hydrogens is 1300 g/mol. The molecule has 102 heavy (non-hydrogen) atoms. The molecule has 0 saturated carbocycles. The van der Waals surface area contributed by atoms with Gasteiger partial charge in [0.05, 0.1) is 38.6 Å². The van der Waals surface area contributed by atoms with E-state index in [1.165, 1.54) is 315 Å². The number of carbonyl (C=O) groups excluding carboxylic acids is 1. The molecule has 17 unspecified atom stereocenters. The SMILES string of the molecule is CCCCCCCCCCCCCCCCCCCCCCCCCCCCCCCCCCCCC(=O)NC(COC1OC(CO)C(OC2OC(CO)C(OC3OC(CO)C(O)C(O)C3O)C(O)C2O)C(O)C1O)C(O)CCCCCCCCCCCCCCCCCCCCCCCCC. The molecule has 12 N–H and O–H groups in total. The molecule has 3 aliphatic heterocycles. The van der Waals surface area contributed by atoms with Gasteiger partial charge in [-0.3, -0.25) is 4.79 Å². The van der Waals surface area contributed by atoms with Crippen molar-refractivity contribution in [3.63, 3.8) is 0 Å². The van der Waals surface area contributed by atoms with Gasteiger partial charge in [0.25, 0.3) is 0 Å². The molecule has 0 aromatic heterocycles. The van der Waals surface area contributed by atoms with E-state index in [-0.39, 0.29) is 18.9 Å². The summed E-state index contributed by atoms with van der Waals surface area (Å²) in [7, 11) is 0. The van der Waals surface area contributed by atoms with E-state index in [9.17, 15) is 61.0 Å². The van der Waals surface area contributed by atoms with Gasteiger partial charge < -0.3 is 89.9 Å². The summed E-state index contributed by atoms with van der Waals surface area (Å²) in [4.78, 5) is 13.5. The van der Waals surface area contributed by atoms with E-state index < -0.39 is 124 Å². The third-order valence-electron chi connectivity index (χ3n) is 22.2. The first-order chi connectivity index (χ1) is 49.8. The predicted octanol–water partition coefficient (Wildman–Crippen LogP) is 15.4. The number of rotatable bonds is 71. The molecule has 606 valence electrons. The van der Waals surface area contributed by atoms with Gasteiger partial charge in [0.1, 0.15) is 73.2 Å². The number of amides is 1. The Morgan fingerprint density at radius 3 is 0.853 bits per heavy atom. The minimum Gasteiger partial charge on any atom is -0.394 e. The van der Waals surface area contributed by atoms with Crippen LogP contribution in [0.4, 0.5) is 0 Å². The van der Waals surface area contributed by atoms with Gasteiger partial charge in [-0.25, -0.2) is 0 Å². The quantitative estimate of drug-likeness (QED) is 0.0252. The van der Waals surface area contributed by atoms with Gasteiger partial charge in [0.2, 0.25) is 5.91 Å². The summed E-state index contributed by atoms with van der Waals surface area (Å²) < 4.78 is 34.6. The van der Waals surface area contributed by atoms with Crippen molar-refractivity contribution >= 4 is 5.91 Å². The normalized spacial score (nSPS) is 26.1. The van der Waals surface area contributed by atoms with Crippen molar-refractivity contribution in [2.75, 3.05) is 26.4 Å². The molecule has 0 aliphatic carbocycles. The van der Waals surface area contributed by atoms with Crippen LogP contribution in [0, 0.1) is 0 Å². The van der Waals surface area contributed by atoms with Crippen LogP contribution in [0.3, 0.4) is 0 Å². The molecule has 0 aromatic carbocycles. The van der Waals surface area contributed by atoms with E-state index in [4.69, 9.17) is 28.4 Å². The lowest BCUT2D eigenvalue weighted by molar-refractivity contribution is -0.379. The largest absolute Gasteiger partial charge is 0.394 e. The molecule has 19 nitrogen and oxygen atoms in total. The Balaban J connectivity index is 1.32. The second kappa shape index (κ2) is 64.6. The average Bonchev–Trinajstić information content (AvgIpc) is 0.778. The smallest absolute Gasteiger partial charge is 0.220 e. The highest BCUT2D eigenvalue weighted by Gasteiger charge is 2.54. The Labute approximate surface area is 621 Å². The number of nitrogens with one attached hydrogen (secondary N) is 1. The summed E-state index contributed by atoms with van der Waals surface area (Å²) in [5.74, 6) is -0.232. The molecule has 0 aromatic rings.